The van der Waals surface area contributed by atoms with Gasteiger partial charge in [0.05, 0.1) is 6.17 Å². The van der Waals surface area contributed by atoms with Gasteiger partial charge in [-0.25, -0.2) is 4.98 Å². The third-order valence-corrected chi connectivity index (χ3v) is 5.10. The Hall–Kier alpha value is -2.20. The number of halogens is 1. The van der Waals surface area contributed by atoms with E-state index in [-0.39, 0.29) is 6.17 Å². The van der Waals surface area contributed by atoms with Crippen LogP contribution >= 0.6 is 11.6 Å². The molecule has 0 radical (unpaired) electrons. The van der Waals surface area contributed by atoms with Crippen LogP contribution in [0.25, 0.3) is 0 Å². The Morgan fingerprint density at radius 1 is 0.769 bits per heavy atom. The lowest BCUT2D eigenvalue weighted by Crippen LogP contribution is -2.30. The third kappa shape index (κ3) is 3.96. The fourth-order valence-electron chi connectivity index (χ4n) is 3.66. The molecule has 4 rings (SSSR count). The van der Waals surface area contributed by atoms with Crippen LogP contribution in [0.1, 0.15) is 22.9 Å². The van der Waals surface area contributed by atoms with Crippen molar-refractivity contribution in [3.63, 3.8) is 0 Å². The van der Waals surface area contributed by atoms with Gasteiger partial charge in [0, 0.05) is 37.9 Å². The van der Waals surface area contributed by atoms with Crippen molar-refractivity contribution in [1.82, 2.24) is 14.8 Å². The minimum absolute atomic E-state index is 0.208. The first-order valence-electron chi connectivity index (χ1n) is 8.97. The van der Waals surface area contributed by atoms with E-state index in [1.807, 2.05) is 12.3 Å². The average Bonchev–Trinajstić information content (AvgIpc) is 3.06. The summed E-state index contributed by atoms with van der Waals surface area (Å²) in [6, 6.07) is 25.3. The zero-order valence-electron chi connectivity index (χ0n) is 14.6. The van der Waals surface area contributed by atoms with Crippen LogP contribution in [0.3, 0.4) is 0 Å². The summed E-state index contributed by atoms with van der Waals surface area (Å²) in [6.45, 7) is 3.93. The predicted octanol–water partition coefficient (Wildman–Crippen LogP) is 4.75. The molecular formula is C22H22ClN3. The Kier molecular flexibility index (Phi) is 5.30. The van der Waals surface area contributed by atoms with Crippen molar-refractivity contribution in [3.8, 4) is 0 Å². The van der Waals surface area contributed by atoms with Gasteiger partial charge < -0.3 is 0 Å². The molecule has 1 fully saturated rings. The summed E-state index contributed by atoms with van der Waals surface area (Å²) < 4.78 is 0. The molecule has 1 aliphatic rings. The highest BCUT2D eigenvalue weighted by Gasteiger charge is 2.33. The Bertz CT molecular complexity index is 772. The highest BCUT2D eigenvalue weighted by Crippen LogP contribution is 2.32. The number of benzene rings is 2. The summed E-state index contributed by atoms with van der Waals surface area (Å²) in [4.78, 5) is 9.35. The van der Waals surface area contributed by atoms with Crippen LogP contribution < -0.4 is 0 Å². The molecule has 2 heterocycles. The minimum atomic E-state index is 0.208. The van der Waals surface area contributed by atoms with E-state index in [0.717, 1.165) is 26.2 Å². The van der Waals surface area contributed by atoms with E-state index in [4.69, 9.17) is 11.6 Å². The molecule has 26 heavy (non-hydrogen) atoms. The molecule has 0 aliphatic carbocycles. The number of pyridine rings is 1. The van der Waals surface area contributed by atoms with Crippen molar-refractivity contribution < 1.29 is 0 Å². The number of hydrogen-bond acceptors (Lipinski definition) is 3. The normalized spacial score (nSPS) is 16.2. The van der Waals surface area contributed by atoms with Gasteiger partial charge >= 0.3 is 0 Å². The van der Waals surface area contributed by atoms with Crippen molar-refractivity contribution >= 4 is 11.6 Å². The van der Waals surface area contributed by atoms with Gasteiger partial charge in [-0.15, -0.1) is 0 Å². The van der Waals surface area contributed by atoms with Gasteiger partial charge in [0.2, 0.25) is 0 Å². The second kappa shape index (κ2) is 8.00. The first-order chi connectivity index (χ1) is 12.8. The number of nitrogens with zero attached hydrogens (tertiary/aromatic N) is 3. The summed E-state index contributed by atoms with van der Waals surface area (Å²) in [6.07, 6.45) is 2.12. The number of rotatable bonds is 5. The van der Waals surface area contributed by atoms with E-state index < -0.39 is 0 Å². The van der Waals surface area contributed by atoms with Crippen molar-refractivity contribution in [2.45, 2.75) is 19.3 Å². The van der Waals surface area contributed by atoms with Crippen LogP contribution in [0.4, 0.5) is 0 Å². The van der Waals surface area contributed by atoms with Crippen LogP contribution in [0.2, 0.25) is 5.15 Å². The fourth-order valence-corrected chi connectivity index (χ4v) is 3.77. The highest BCUT2D eigenvalue weighted by atomic mass is 35.5. The summed E-state index contributed by atoms with van der Waals surface area (Å²) in [5.74, 6) is 0. The van der Waals surface area contributed by atoms with Crippen molar-refractivity contribution in [2.24, 2.45) is 0 Å². The Morgan fingerprint density at radius 2 is 1.31 bits per heavy atom. The van der Waals surface area contributed by atoms with Crippen LogP contribution in [-0.2, 0) is 13.1 Å². The molecule has 3 nitrogen and oxygen atoms in total. The highest BCUT2D eigenvalue weighted by molar-refractivity contribution is 6.29. The SMILES string of the molecule is Clc1ccc(C2N(Cc3ccccc3)CCN2Cc2ccccc2)cn1. The maximum absolute atomic E-state index is 6.01. The molecule has 1 aliphatic heterocycles. The van der Waals surface area contributed by atoms with Crippen LogP contribution in [0.5, 0.6) is 0 Å². The largest absolute Gasteiger partial charge is 0.278 e. The van der Waals surface area contributed by atoms with Gasteiger partial charge in [-0.1, -0.05) is 78.3 Å². The maximum Gasteiger partial charge on any atom is 0.129 e. The molecule has 4 heteroatoms. The molecule has 2 aromatic carbocycles. The van der Waals surface area contributed by atoms with Crippen molar-refractivity contribution in [1.29, 1.82) is 0 Å². The van der Waals surface area contributed by atoms with Gasteiger partial charge in [0.1, 0.15) is 5.15 Å². The number of hydrogen-bond donors (Lipinski definition) is 0. The topological polar surface area (TPSA) is 19.4 Å². The fraction of sp³-hybridized carbons (Fsp3) is 0.227. The third-order valence-electron chi connectivity index (χ3n) is 4.87. The summed E-state index contributed by atoms with van der Waals surface area (Å²) >= 11 is 6.01. The zero-order chi connectivity index (χ0) is 17.8. The monoisotopic (exact) mass is 363 g/mol. The molecule has 0 amide bonds. The molecular weight excluding hydrogens is 342 g/mol. The number of aromatic nitrogens is 1. The van der Waals surface area contributed by atoms with Crippen LogP contribution in [0, 0.1) is 0 Å². The summed E-state index contributed by atoms with van der Waals surface area (Å²) in [5, 5.41) is 0.538. The molecule has 0 saturated carbocycles. The average molecular weight is 364 g/mol. The lowest BCUT2D eigenvalue weighted by atomic mass is 10.1. The smallest absolute Gasteiger partial charge is 0.129 e. The Labute approximate surface area is 159 Å². The molecule has 0 atom stereocenters. The van der Waals surface area contributed by atoms with E-state index in [0.29, 0.717) is 5.15 Å². The predicted molar refractivity (Wildman–Crippen MR) is 106 cm³/mol. The Balaban J connectivity index is 1.60. The molecule has 132 valence electrons. The second-order valence-electron chi connectivity index (χ2n) is 6.70. The molecule has 0 spiro atoms. The molecule has 0 bridgehead atoms. The maximum atomic E-state index is 6.01. The zero-order valence-corrected chi connectivity index (χ0v) is 15.4. The minimum Gasteiger partial charge on any atom is -0.278 e. The molecule has 0 N–H and O–H groups in total. The molecule has 1 aromatic heterocycles. The molecule has 0 unspecified atom stereocenters. The van der Waals surface area contributed by atoms with Crippen LogP contribution in [0.15, 0.2) is 79.0 Å². The van der Waals surface area contributed by atoms with Crippen LogP contribution in [-0.4, -0.2) is 27.9 Å². The summed E-state index contributed by atoms with van der Waals surface area (Å²) in [7, 11) is 0. The first-order valence-corrected chi connectivity index (χ1v) is 9.35. The van der Waals surface area contributed by atoms with E-state index in [1.54, 1.807) is 0 Å². The van der Waals surface area contributed by atoms with Gasteiger partial charge in [0.15, 0.2) is 0 Å². The first kappa shape index (κ1) is 17.2. The van der Waals surface area contributed by atoms with E-state index in [2.05, 4.69) is 81.5 Å². The second-order valence-corrected chi connectivity index (χ2v) is 7.09. The van der Waals surface area contributed by atoms with Gasteiger partial charge in [0.25, 0.3) is 0 Å². The standard InChI is InChI=1S/C22H22ClN3/c23-21-12-11-20(15-24-21)22-25(16-18-7-3-1-4-8-18)13-14-26(22)17-19-9-5-2-6-10-19/h1-12,15,22H,13-14,16-17H2. The van der Waals surface area contributed by atoms with Gasteiger partial charge in [-0.05, 0) is 17.2 Å². The lowest BCUT2D eigenvalue weighted by molar-refractivity contribution is 0.125. The summed E-state index contributed by atoms with van der Waals surface area (Å²) in [5.41, 5.74) is 3.86. The van der Waals surface area contributed by atoms with Gasteiger partial charge in [-0.3, -0.25) is 9.80 Å². The lowest BCUT2D eigenvalue weighted by Gasteiger charge is -2.30. The quantitative estimate of drug-likeness (QED) is 0.610. The van der Waals surface area contributed by atoms with Gasteiger partial charge in [-0.2, -0.15) is 0 Å². The van der Waals surface area contributed by atoms with E-state index in [9.17, 15) is 0 Å². The molecule has 3 aromatic rings. The van der Waals surface area contributed by atoms with E-state index >= 15 is 0 Å². The van der Waals surface area contributed by atoms with Crippen molar-refractivity contribution in [3.05, 3.63) is 101 Å². The van der Waals surface area contributed by atoms with Crippen molar-refractivity contribution in [2.75, 3.05) is 13.1 Å². The van der Waals surface area contributed by atoms with E-state index in [1.165, 1.54) is 16.7 Å². The molecule has 1 saturated heterocycles. The Morgan fingerprint density at radius 3 is 1.77 bits per heavy atom.